The van der Waals surface area contributed by atoms with Crippen molar-refractivity contribution in [1.82, 2.24) is 14.9 Å². The van der Waals surface area contributed by atoms with Crippen LogP contribution in [0.4, 0.5) is 0 Å². The van der Waals surface area contributed by atoms with Crippen LogP contribution in [0.2, 0.25) is 0 Å². The summed E-state index contributed by atoms with van der Waals surface area (Å²) in [6.07, 6.45) is 1.01. The van der Waals surface area contributed by atoms with Crippen LogP contribution < -0.4 is 5.73 Å². The Hall–Kier alpha value is -0.850. The van der Waals surface area contributed by atoms with Gasteiger partial charge in [0.2, 0.25) is 5.91 Å². The zero-order valence-corrected chi connectivity index (χ0v) is 14.3. The predicted octanol–water partition coefficient (Wildman–Crippen LogP) is 1.80. The molecule has 1 aliphatic heterocycles. The van der Waals surface area contributed by atoms with E-state index in [1.807, 2.05) is 24.8 Å². The molecule has 0 spiro atoms. The number of amides is 1. The summed E-state index contributed by atoms with van der Waals surface area (Å²) in [6, 6.07) is 2.22. The minimum Gasteiger partial charge on any atom is -0.339 e. The Balaban J connectivity index is 0.00000220. The lowest BCUT2D eigenvalue weighted by Gasteiger charge is -2.21. The molecule has 1 amide bonds. The number of hydrogen-bond donors (Lipinski definition) is 1. The van der Waals surface area contributed by atoms with Crippen molar-refractivity contribution >= 4 is 30.1 Å². The van der Waals surface area contributed by atoms with Crippen molar-refractivity contribution < 1.29 is 4.79 Å². The highest BCUT2D eigenvalue weighted by Crippen LogP contribution is 2.24. The third kappa shape index (κ3) is 4.83. The summed E-state index contributed by atoms with van der Waals surface area (Å²) in [5.74, 6) is 0.988. The summed E-state index contributed by atoms with van der Waals surface area (Å²) < 4.78 is 0. The molecule has 2 N–H and O–H groups in total. The van der Waals surface area contributed by atoms with E-state index in [1.54, 1.807) is 0 Å². The Morgan fingerprint density at radius 1 is 1.43 bits per heavy atom. The zero-order chi connectivity index (χ0) is 14.7. The van der Waals surface area contributed by atoms with Gasteiger partial charge in [-0.25, -0.2) is 9.97 Å². The molecule has 21 heavy (non-hydrogen) atoms. The molecule has 0 aromatic carbocycles. The summed E-state index contributed by atoms with van der Waals surface area (Å²) in [5, 5.41) is 0.679. The second-order valence-corrected chi connectivity index (χ2v) is 6.40. The van der Waals surface area contributed by atoms with Gasteiger partial charge >= 0.3 is 0 Å². The van der Waals surface area contributed by atoms with Crippen molar-refractivity contribution in [2.24, 2.45) is 11.7 Å². The molecule has 2 rings (SSSR count). The second-order valence-electron chi connectivity index (χ2n) is 5.45. The lowest BCUT2D eigenvalue weighted by molar-refractivity contribution is -0.128. The highest BCUT2D eigenvalue weighted by molar-refractivity contribution is 7.99. The standard InChI is InChI=1S/C14H22N4OS.ClH/c1-9-4-10(2)17-14(16-9)20-8-13(19)18-7-12(6-15)5-11(18)3;/h4,11-12H,5-8,15H2,1-3H3;1H. The Labute approximate surface area is 136 Å². The van der Waals surface area contributed by atoms with Crippen LogP contribution in [0.25, 0.3) is 0 Å². The smallest absolute Gasteiger partial charge is 0.233 e. The first-order valence-corrected chi connectivity index (χ1v) is 7.92. The molecule has 0 saturated carbocycles. The molecular weight excluding hydrogens is 308 g/mol. The summed E-state index contributed by atoms with van der Waals surface area (Å²) in [5.41, 5.74) is 7.56. The molecule has 2 heterocycles. The van der Waals surface area contributed by atoms with Gasteiger partial charge in [-0.2, -0.15) is 0 Å². The number of halogens is 1. The lowest BCUT2D eigenvalue weighted by Crippen LogP contribution is -2.35. The lowest BCUT2D eigenvalue weighted by atomic mass is 10.1. The Morgan fingerprint density at radius 2 is 2.05 bits per heavy atom. The van der Waals surface area contributed by atoms with Gasteiger partial charge in [0.15, 0.2) is 5.16 Å². The first-order valence-electron chi connectivity index (χ1n) is 6.94. The van der Waals surface area contributed by atoms with Gasteiger partial charge in [-0.3, -0.25) is 4.79 Å². The average molecular weight is 331 g/mol. The Kier molecular flexibility index (Phi) is 6.90. The molecule has 1 aliphatic rings. The number of carbonyl (C=O) groups is 1. The maximum absolute atomic E-state index is 12.3. The van der Waals surface area contributed by atoms with Gasteiger partial charge in [-0.15, -0.1) is 12.4 Å². The molecule has 0 radical (unpaired) electrons. The Morgan fingerprint density at radius 3 is 2.57 bits per heavy atom. The largest absolute Gasteiger partial charge is 0.339 e. The van der Waals surface area contributed by atoms with E-state index in [-0.39, 0.29) is 24.4 Å². The zero-order valence-electron chi connectivity index (χ0n) is 12.7. The fraction of sp³-hybridized carbons (Fsp3) is 0.643. The van der Waals surface area contributed by atoms with Crippen molar-refractivity contribution in [3.63, 3.8) is 0 Å². The molecule has 0 bridgehead atoms. The van der Waals surface area contributed by atoms with Gasteiger partial charge < -0.3 is 10.6 Å². The van der Waals surface area contributed by atoms with Crippen LogP contribution in [-0.4, -0.2) is 45.7 Å². The molecule has 1 aromatic heterocycles. The third-order valence-electron chi connectivity index (χ3n) is 3.60. The van der Waals surface area contributed by atoms with Crippen molar-refractivity contribution in [2.75, 3.05) is 18.8 Å². The topological polar surface area (TPSA) is 72.1 Å². The van der Waals surface area contributed by atoms with Gasteiger partial charge in [0.1, 0.15) is 0 Å². The van der Waals surface area contributed by atoms with Crippen LogP contribution in [0.15, 0.2) is 11.2 Å². The number of likely N-dealkylation sites (tertiary alicyclic amines) is 1. The molecule has 2 atom stereocenters. The number of thioether (sulfide) groups is 1. The summed E-state index contributed by atoms with van der Waals surface area (Å²) in [6.45, 7) is 7.40. The molecule has 2 unspecified atom stereocenters. The van der Waals surface area contributed by atoms with E-state index < -0.39 is 0 Å². The SMILES string of the molecule is Cc1cc(C)nc(SCC(=O)N2CC(CN)CC2C)n1.Cl. The van der Waals surface area contributed by atoms with Crippen molar-refractivity contribution in [1.29, 1.82) is 0 Å². The van der Waals surface area contributed by atoms with Crippen LogP contribution in [0.1, 0.15) is 24.7 Å². The predicted molar refractivity (Wildman–Crippen MR) is 87.8 cm³/mol. The van der Waals surface area contributed by atoms with E-state index in [9.17, 15) is 4.79 Å². The number of aromatic nitrogens is 2. The number of aryl methyl sites for hydroxylation is 2. The number of hydrogen-bond acceptors (Lipinski definition) is 5. The quantitative estimate of drug-likeness (QED) is 0.673. The highest BCUT2D eigenvalue weighted by Gasteiger charge is 2.31. The molecule has 1 saturated heterocycles. The first-order chi connectivity index (χ1) is 9.49. The van der Waals surface area contributed by atoms with Gasteiger partial charge in [0, 0.05) is 24.0 Å². The average Bonchev–Trinajstić information content (AvgIpc) is 2.76. The minimum absolute atomic E-state index is 0. The van der Waals surface area contributed by atoms with Gasteiger partial charge in [0.05, 0.1) is 5.75 Å². The number of carbonyl (C=O) groups excluding carboxylic acids is 1. The molecule has 1 fully saturated rings. The van der Waals surface area contributed by atoms with E-state index >= 15 is 0 Å². The number of nitrogens with zero attached hydrogens (tertiary/aromatic N) is 3. The van der Waals surface area contributed by atoms with E-state index in [1.165, 1.54) is 11.8 Å². The molecule has 1 aromatic rings. The number of rotatable bonds is 4. The molecule has 0 aliphatic carbocycles. The maximum Gasteiger partial charge on any atom is 0.233 e. The monoisotopic (exact) mass is 330 g/mol. The van der Waals surface area contributed by atoms with Gasteiger partial charge in [-0.05, 0) is 45.7 Å². The van der Waals surface area contributed by atoms with E-state index in [0.29, 0.717) is 23.4 Å². The fourth-order valence-electron chi connectivity index (χ4n) is 2.63. The van der Waals surface area contributed by atoms with Crippen LogP contribution in [0.5, 0.6) is 0 Å². The van der Waals surface area contributed by atoms with Crippen LogP contribution in [-0.2, 0) is 4.79 Å². The first kappa shape index (κ1) is 18.2. The molecular formula is C14H23ClN4OS. The fourth-order valence-corrected chi connectivity index (χ4v) is 3.46. The van der Waals surface area contributed by atoms with Gasteiger partial charge in [-0.1, -0.05) is 11.8 Å². The molecule has 5 nitrogen and oxygen atoms in total. The van der Waals surface area contributed by atoms with Crippen molar-refractivity contribution in [3.05, 3.63) is 17.5 Å². The van der Waals surface area contributed by atoms with E-state index in [0.717, 1.165) is 24.4 Å². The van der Waals surface area contributed by atoms with E-state index in [4.69, 9.17) is 5.73 Å². The summed E-state index contributed by atoms with van der Waals surface area (Å²) >= 11 is 1.41. The molecule has 7 heteroatoms. The van der Waals surface area contributed by atoms with Crippen molar-refractivity contribution in [3.8, 4) is 0 Å². The second kappa shape index (κ2) is 7.96. The van der Waals surface area contributed by atoms with Crippen LogP contribution in [0.3, 0.4) is 0 Å². The minimum atomic E-state index is 0. The maximum atomic E-state index is 12.3. The molecule has 118 valence electrons. The third-order valence-corrected chi connectivity index (χ3v) is 4.43. The summed E-state index contributed by atoms with van der Waals surface area (Å²) in [7, 11) is 0. The highest BCUT2D eigenvalue weighted by atomic mass is 35.5. The van der Waals surface area contributed by atoms with Gasteiger partial charge in [0.25, 0.3) is 0 Å². The van der Waals surface area contributed by atoms with Crippen molar-refractivity contribution in [2.45, 2.75) is 38.4 Å². The normalized spacial score (nSPS) is 21.2. The summed E-state index contributed by atoms with van der Waals surface area (Å²) in [4.78, 5) is 22.9. The number of nitrogens with two attached hydrogens (primary N) is 1. The van der Waals surface area contributed by atoms with Crippen LogP contribution in [0, 0.1) is 19.8 Å². The van der Waals surface area contributed by atoms with E-state index in [2.05, 4.69) is 16.9 Å². The van der Waals surface area contributed by atoms with Crippen LogP contribution >= 0.6 is 24.2 Å². The Bertz CT molecular complexity index is 480.